The molecule has 1 saturated heterocycles. The number of para-hydroxylation sites is 1. The molecular formula is C17H24N4O3S. The minimum Gasteiger partial charge on any atom is -0.367 e. The molecule has 25 heavy (non-hydrogen) atoms. The van der Waals surface area contributed by atoms with E-state index in [9.17, 15) is 8.42 Å². The highest BCUT2D eigenvalue weighted by molar-refractivity contribution is 7.91. The molecule has 0 amide bonds. The predicted molar refractivity (Wildman–Crippen MR) is 95.5 cm³/mol. The van der Waals surface area contributed by atoms with E-state index >= 15 is 0 Å². The Morgan fingerprint density at radius 2 is 2.12 bits per heavy atom. The number of rotatable bonds is 5. The maximum atomic E-state index is 12.4. The summed E-state index contributed by atoms with van der Waals surface area (Å²) in [6, 6.07) is 7.14. The van der Waals surface area contributed by atoms with Crippen LogP contribution >= 0.6 is 0 Å². The Bertz CT molecular complexity index is 832. The molecular weight excluding hydrogens is 340 g/mol. The highest BCUT2D eigenvalue weighted by Gasteiger charge is 2.28. The molecule has 1 N–H and O–H groups in total. The molecule has 136 valence electrons. The first kappa shape index (κ1) is 17.9. The number of benzene rings is 1. The molecule has 2 aromatic rings. The monoisotopic (exact) mass is 364 g/mol. The van der Waals surface area contributed by atoms with Crippen LogP contribution in [0.1, 0.15) is 44.4 Å². The molecule has 0 radical (unpaired) electrons. The van der Waals surface area contributed by atoms with Gasteiger partial charge in [0.25, 0.3) is 0 Å². The lowest BCUT2D eigenvalue weighted by Crippen LogP contribution is -2.39. The highest BCUT2D eigenvalue weighted by Crippen LogP contribution is 2.30. The van der Waals surface area contributed by atoms with Crippen molar-refractivity contribution in [2.24, 2.45) is 0 Å². The standard InChI is InChI=1S/C17H24N4O3S/c1-4-25(22,23)15-8-6-5-7-13(15)21-9-10-24-14(11-21)17-18-16(12(2)3)19-20-17/h5-8,12,14H,4,9-11H2,1-3H3,(H,18,19,20). The molecule has 2 heterocycles. The van der Waals surface area contributed by atoms with Gasteiger partial charge in [-0.2, -0.15) is 5.10 Å². The summed E-state index contributed by atoms with van der Waals surface area (Å²) in [6.07, 6.45) is -0.258. The summed E-state index contributed by atoms with van der Waals surface area (Å²) in [5, 5.41) is 7.18. The fourth-order valence-corrected chi connectivity index (χ4v) is 3.97. The molecule has 1 fully saturated rings. The van der Waals surface area contributed by atoms with E-state index in [0.717, 1.165) is 11.5 Å². The van der Waals surface area contributed by atoms with E-state index in [-0.39, 0.29) is 17.8 Å². The summed E-state index contributed by atoms with van der Waals surface area (Å²) in [7, 11) is -3.29. The topological polar surface area (TPSA) is 88.2 Å². The Balaban J connectivity index is 1.87. The highest BCUT2D eigenvalue weighted by atomic mass is 32.2. The maximum absolute atomic E-state index is 12.4. The fraction of sp³-hybridized carbons (Fsp3) is 0.529. The molecule has 0 saturated carbocycles. The van der Waals surface area contributed by atoms with Crippen molar-refractivity contribution in [3.63, 3.8) is 0 Å². The summed E-state index contributed by atoms with van der Waals surface area (Å²) in [6.45, 7) is 7.40. The van der Waals surface area contributed by atoms with Crippen molar-refractivity contribution in [2.45, 2.75) is 37.7 Å². The Labute approximate surface area is 148 Å². The largest absolute Gasteiger partial charge is 0.367 e. The summed E-state index contributed by atoms with van der Waals surface area (Å²) in [4.78, 5) is 6.94. The van der Waals surface area contributed by atoms with Gasteiger partial charge in [-0.15, -0.1) is 0 Å². The van der Waals surface area contributed by atoms with E-state index < -0.39 is 9.84 Å². The second kappa shape index (κ2) is 7.13. The SMILES string of the molecule is CCS(=O)(=O)c1ccccc1N1CCOC(c2nc(C(C)C)n[nH]2)C1. The van der Waals surface area contributed by atoms with Gasteiger partial charge in [0, 0.05) is 12.5 Å². The number of ether oxygens (including phenoxy) is 1. The molecule has 1 aliphatic heterocycles. The van der Waals surface area contributed by atoms with Crippen LogP contribution in [0.4, 0.5) is 5.69 Å². The third-order valence-corrected chi connectivity index (χ3v) is 6.10. The molecule has 1 aromatic heterocycles. The van der Waals surface area contributed by atoms with Gasteiger partial charge in [-0.3, -0.25) is 5.10 Å². The first-order valence-electron chi connectivity index (χ1n) is 8.53. The van der Waals surface area contributed by atoms with Crippen LogP contribution in [0.3, 0.4) is 0 Å². The van der Waals surface area contributed by atoms with Gasteiger partial charge in [-0.05, 0) is 12.1 Å². The molecule has 1 aromatic carbocycles. The number of nitrogens with zero attached hydrogens (tertiary/aromatic N) is 3. The maximum Gasteiger partial charge on any atom is 0.180 e. The minimum absolute atomic E-state index is 0.0810. The summed E-state index contributed by atoms with van der Waals surface area (Å²) in [5.74, 6) is 1.76. The molecule has 0 aliphatic carbocycles. The van der Waals surface area contributed by atoms with E-state index in [4.69, 9.17) is 4.74 Å². The predicted octanol–water partition coefficient (Wildman–Crippen LogP) is 2.30. The lowest BCUT2D eigenvalue weighted by Gasteiger charge is -2.34. The van der Waals surface area contributed by atoms with E-state index in [1.54, 1.807) is 19.1 Å². The molecule has 1 aliphatic rings. The zero-order chi connectivity index (χ0) is 18.0. The van der Waals surface area contributed by atoms with Gasteiger partial charge >= 0.3 is 0 Å². The Kier molecular flexibility index (Phi) is 5.10. The minimum atomic E-state index is -3.29. The zero-order valence-corrected chi connectivity index (χ0v) is 15.6. The fourth-order valence-electron chi connectivity index (χ4n) is 2.86. The van der Waals surface area contributed by atoms with Crippen LogP contribution in [-0.2, 0) is 14.6 Å². The van der Waals surface area contributed by atoms with Crippen LogP contribution in [0.2, 0.25) is 0 Å². The summed E-state index contributed by atoms with van der Waals surface area (Å²) < 4.78 is 30.7. The number of sulfone groups is 1. The van der Waals surface area contributed by atoms with Crippen molar-refractivity contribution in [1.82, 2.24) is 15.2 Å². The average Bonchev–Trinajstić information content (AvgIpc) is 3.12. The number of nitrogens with one attached hydrogen (secondary N) is 1. The van der Waals surface area contributed by atoms with E-state index in [0.29, 0.717) is 30.4 Å². The van der Waals surface area contributed by atoms with Gasteiger partial charge in [-0.1, -0.05) is 32.9 Å². The van der Waals surface area contributed by atoms with Crippen molar-refractivity contribution in [1.29, 1.82) is 0 Å². The lowest BCUT2D eigenvalue weighted by atomic mass is 10.2. The van der Waals surface area contributed by atoms with Crippen LogP contribution in [0.25, 0.3) is 0 Å². The van der Waals surface area contributed by atoms with Gasteiger partial charge in [0.2, 0.25) is 0 Å². The van der Waals surface area contributed by atoms with E-state index in [2.05, 4.69) is 15.2 Å². The summed E-state index contributed by atoms with van der Waals surface area (Å²) in [5.41, 5.74) is 0.723. The summed E-state index contributed by atoms with van der Waals surface area (Å²) >= 11 is 0. The lowest BCUT2D eigenvalue weighted by molar-refractivity contribution is 0.0340. The number of hydrogen-bond acceptors (Lipinski definition) is 6. The van der Waals surface area contributed by atoms with Crippen molar-refractivity contribution < 1.29 is 13.2 Å². The first-order chi connectivity index (χ1) is 11.9. The second-order valence-corrected chi connectivity index (χ2v) is 8.66. The molecule has 1 unspecified atom stereocenters. The molecule has 3 rings (SSSR count). The second-order valence-electron chi connectivity index (χ2n) is 6.41. The first-order valence-corrected chi connectivity index (χ1v) is 10.2. The Morgan fingerprint density at radius 3 is 2.80 bits per heavy atom. The van der Waals surface area contributed by atoms with Gasteiger partial charge in [0.15, 0.2) is 21.5 Å². The van der Waals surface area contributed by atoms with E-state index in [1.165, 1.54) is 0 Å². The Hall–Kier alpha value is -1.93. The van der Waals surface area contributed by atoms with Crippen molar-refractivity contribution >= 4 is 15.5 Å². The number of morpholine rings is 1. The van der Waals surface area contributed by atoms with Crippen molar-refractivity contribution in [2.75, 3.05) is 30.3 Å². The normalized spacial score (nSPS) is 18.7. The average molecular weight is 364 g/mol. The Morgan fingerprint density at radius 1 is 1.36 bits per heavy atom. The van der Waals surface area contributed by atoms with Gasteiger partial charge in [0.1, 0.15) is 6.10 Å². The number of aromatic amines is 1. The van der Waals surface area contributed by atoms with E-state index in [1.807, 2.05) is 30.9 Å². The smallest absolute Gasteiger partial charge is 0.180 e. The number of hydrogen-bond donors (Lipinski definition) is 1. The zero-order valence-electron chi connectivity index (χ0n) is 14.8. The molecule has 0 bridgehead atoms. The quantitative estimate of drug-likeness (QED) is 0.876. The molecule has 7 nitrogen and oxygen atoms in total. The molecule has 0 spiro atoms. The number of anilines is 1. The van der Waals surface area contributed by atoms with Gasteiger partial charge < -0.3 is 9.64 Å². The van der Waals surface area contributed by atoms with Crippen LogP contribution in [0.5, 0.6) is 0 Å². The number of aromatic nitrogens is 3. The third-order valence-electron chi connectivity index (χ3n) is 4.33. The molecule has 1 atom stereocenters. The van der Waals surface area contributed by atoms with Crippen LogP contribution in [-0.4, -0.2) is 49.0 Å². The van der Waals surface area contributed by atoms with Crippen LogP contribution < -0.4 is 4.90 Å². The van der Waals surface area contributed by atoms with Crippen molar-refractivity contribution in [3.8, 4) is 0 Å². The van der Waals surface area contributed by atoms with Crippen LogP contribution in [0.15, 0.2) is 29.2 Å². The third kappa shape index (κ3) is 3.69. The number of H-pyrrole nitrogens is 1. The molecule has 8 heteroatoms. The van der Waals surface area contributed by atoms with Crippen LogP contribution in [0, 0.1) is 0 Å². The van der Waals surface area contributed by atoms with Crippen molar-refractivity contribution in [3.05, 3.63) is 35.9 Å². The van der Waals surface area contributed by atoms with Gasteiger partial charge in [0.05, 0.1) is 29.5 Å². The van der Waals surface area contributed by atoms with Gasteiger partial charge in [-0.25, -0.2) is 13.4 Å².